The fourth-order valence-corrected chi connectivity index (χ4v) is 1.80. The van der Waals surface area contributed by atoms with Crippen molar-refractivity contribution < 1.29 is 14.1 Å². The number of carbonyl (C=O) groups is 1. The van der Waals surface area contributed by atoms with Gasteiger partial charge >= 0.3 is 0 Å². The number of alkyl halides is 1. The fourth-order valence-electron chi connectivity index (χ4n) is 1.64. The summed E-state index contributed by atoms with van der Waals surface area (Å²) in [5, 5.41) is 13.2. The Morgan fingerprint density at radius 1 is 1.50 bits per heavy atom. The summed E-state index contributed by atoms with van der Waals surface area (Å²) in [4.78, 5) is 21.6. The van der Waals surface area contributed by atoms with Gasteiger partial charge in [0, 0.05) is 24.1 Å². The summed E-state index contributed by atoms with van der Waals surface area (Å²) >= 11 is 5.66. The van der Waals surface area contributed by atoms with Gasteiger partial charge in [0.2, 0.25) is 0 Å². The monoisotopic (exact) mass is 302 g/mol. The number of nitro benzene ring substituents is 1. The number of nitro groups is 1. The Morgan fingerprint density at radius 2 is 2.20 bits per heavy atom. The highest BCUT2D eigenvalue weighted by molar-refractivity contribution is 6.18. The van der Waals surface area contributed by atoms with Crippen LogP contribution in [0.1, 0.15) is 30.1 Å². The van der Waals surface area contributed by atoms with E-state index in [1.165, 1.54) is 0 Å². The molecule has 1 aromatic carbocycles. The van der Waals surface area contributed by atoms with Gasteiger partial charge in [-0.15, -0.1) is 11.6 Å². The molecule has 20 heavy (non-hydrogen) atoms. The minimum absolute atomic E-state index is 0.0536. The molecule has 0 spiro atoms. The fraction of sp³-hybridized carbons (Fsp3) is 0.462. The zero-order chi connectivity index (χ0) is 15.1. The van der Waals surface area contributed by atoms with Crippen molar-refractivity contribution in [3.8, 4) is 0 Å². The summed E-state index contributed by atoms with van der Waals surface area (Å²) in [5.74, 6) is -0.403. The van der Waals surface area contributed by atoms with E-state index in [9.17, 15) is 19.3 Å². The lowest BCUT2D eigenvalue weighted by molar-refractivity contribution is -0.385. The quantitative estimate of drug-likeness (QED) is 0.364. The zero-order valence-electron chi connectivity index (χ0n) is 11.1. The molecule has 7 heteroatoms. The molecule has 0 radical (unpaired) electrons. The molecule has 5 nitrogen and oxygen atoms in total. The normalized spacial score (nSPS) is 11.9. The molecule has 1 atom stereocenters. The predicted molar refractivity (Wildman–Crippen MR) is 74.5 cm³/mol. The molecule has 0 saturated heterocycles. The van der Waals surface area contributed by atoms with E-state index in [4.69, 9.17) is 11.6 Å². The van der Waals surface area contributed by atoms with Crippen LogP contribution in [0.5, 0.6) is 0 Å². The summed E-state index contributed by atoms with van der Waals surface area (Å²) in [6, 6.07) is 2.81. The Kier molecular flexibility index (Phi) is 6.38. The molecule has 1 N–H and O–H groups in total. The Bertz CT molecular complexity index is 497. The molecule has 0 fully saturated rings. The van der Waals surface area contributed by atoms with Crippen molar-refractivity contribution in [3.05, 3.63) is 39.7 Å². The van der Waals surface area contributed by atoms with Crippen molar-refractivity contribution in [1.82, 2.24) is 5.32 Å². The summed E-state index contributed by atoms with van der Waals surface area (Å²) < 4.78 is 13.2. The smallest absolute Gasteiger partial charge is 0.273 e. The van der Waals surface area contributed by atoms with Gasteiger partial charge in [-0.25, -0.2) is 4.39 Å². The second kappa shape index (κ2) is 7.79. The number of non-ortho nitro benzene ring substituents is 1. The number of hydrogen-bond acceptors (Lipinski definition) is 3. The van der Waals surface area contributed by atoms with Crippen molar-refractivity contribution in [2.75, 3.05) is 12.4 Å². The average molecular weight is 303 g/mol. The van der Waals surface area contributed by atoms with Crippen molar-refractivity contribution in [3.63, 3.8) is 0 Å². The predicted octanol–water partition coefficient (Wildman–Crippen LogP) is 3.12. The standard InChI is InChI=1S/C13H16ClFN2O3/c1-9(8-14)3-2-4-16-13(18)10-5-11(15)7-12(6-10)17(19)20/h5-7,9H,2-4,8H2,1H3,(H,16,18). The largest absolute Gasteiger partial charge is 0.352 e. The first-order chi connectivity index (χ1) is 9.43. The number of carbonyl (C=O) groups excluding carboxylic acids is 1. The van der Waals surface area contributed by atoms with Gasteiger partial charge in [0.05, 0.1) is 11.0 Å². The topological polar surface area (TPSA) is 72.2 Å². The number of amides is 1. The van der Waals surface area contributed by atoms with E-state index in [1.54, 1.807) is 0 Å². The zero-order valence-corrected chi connectivity index (χ0v) is 11.8. The van der Waals surface area contributed by atoms with Gasteiger partial charge in [-0.05, 0) is 24.8 Å². The van der Waals surface area contributed by atoms with Gasteiger partial charge in [-0.1, -0.05) is 6.92 Å². The number of nitrogens with one attached hydrogen (secondary N) is 1. The van der Waals surface area contributed by atoms with Crippen LogP contribution in [0.15, 0.2) is 18.2 Å². The van der Waals surface area contributed by atoms with Crippen LogP contribution >= 0.6 is 11.6 Å². The molecule has 1 rings (SSSR count). The van der Waals surface area contributed by atoms with Crippen LogP contribution in [-0.4, -0.2) is 23.3 Å². The van der Waals surface area contributed by atoms with Gasteiger partial charge in [0.25, 0.3) is 11.6 Å². The van der Waals surface area contributed by atoms with E-state index in [1.807, 2.05) is 6.92 Å². The number of halogens is 2. The maximum Gasteiger partial charge on any atom is 0.273 e. The highest BCUT2D eigenvalue weighted by Crippen LogP contribution is 2.16. The van der Waals surface area contributed by atoms with Crippen LogP contribution < -0.4 is 5.32 Å². The Morgan fingerprint density at radius 3 is 2.80 bits per heavy atom. The van der Waals surface area contributed by atoms with E-state index in [-0.39, 0.29) is 5.56 Å². The first kappa shape index (κ1) is 16.4. The average Bonchev–Trinajstić information content (AvgIpc) is 2.42. The lowest BCUT2D eigenvalue weighted by Gasteiger charge is -2.08. The van der Waals surface area contributed by atoms with Crippen molar-refractivity contribution in [1.29, 1.82) is 0 Å². The van der Waals surface area contributed by atoms with Crippen LogP contribution in [0.4, 0.5) is 10.1 Å². The summed E-state index contributed by atoms with van der Waals surface area (Å²) in [5.41, 5.74) is -0.493. The molecule has 0 heterocycles. The second-order valence-electron chi connectivity index (χ2n) is 4.61. The third-order valence-corrected chi connectivity index (χ3v) is 3.31. The van der Waals surface area contributed by atoms with E-state index in [0.717, 1.165) is 31.0 Å². The molecule has 1 amide bonds. The van der Waals surface area contributed by atoms with Gasteiger partial charge in [-0.3, -0.25) is 14.9 Å². The van der Waals surface area contributed by atoms with E-state index >= 15 is 0 Å². The van der Waals surface area contributed by atoms with E-state index in [0.29, 0.717) is 18.3 Å². The Balaban J connectivity index is 2.57. The number of hydrogen-bond donors (Lipinski definition) is 1. The van der Waals surface area contributed by atoms with Crippen LogP contribution in [0.3, 0.4) is 0 Å². The number of rotatable bonds is 7. The molecule has 0 aliphatic rings. The van der Waals surface area contributed by atoms with Crippen molar-refractivity contribution in [2.45, 2.75) is 19.8 Å². The third kappa shape index (κ3) is 5.13. The van der Waals surface area contributed by atoms with Crippen LogP contribution in [-0.2, 0) is 0 Å². The maximum absolute atomic E-state index is 13.2. The van der Waals surface area contributed by atoms with E-state index in [2.05, 4.69) is 5.32 Å². The Labute approximate surface area is 121 Å². The molecule has 0 aromatic heterocycles. The van der Waals surface area contributed by atoms with E-state index < -0.39 is 22.3 Å². The van der Waals surface area contributed by atoms with Crippen LogP contribution in [0.2, 0.25) is 0 Å². The van der Waals surface area contributed by atoms with Crippen LogP contribution in [0.25, 0.3) is 0 Å². The second-order valence-corrected chi connectivity index (χ2v) is 4.92. The molecule has 0 saturated carbocycles. The third-order valence-electron chi connectivity index (χ3n) is 2.78. The molecular formula is C13H16ClFN2O3. The van der Waals surface area contributed by atoms with Crippen LogP contribution in [0, 0.1) is 21.8 Å². The number of nitrogens with zero attached hydrogens (tertiary/aromatic N) is 1. The summed E-state index contributed by atoms with van der Waals surface area (Å²) in [6.07, 6.45) is 1.62. The first-order valence-corrected chi connectivity index (χ1v) is 6.76. The molecule has 0 bridgehead atoms. The van der Waals surface area contributed by atoms with Crippen molar-refractivity contribution >= 4 is 23.2 Å². The van der Waals surface area contributed by atoms with Gasteiger partial charge in [-0.2, -0.15) is 0 Å². The van der Waals surface area contributed by atoms with Gasteiger partial charge in [0.1, 0.15) is 5.82 Å². The minimum atomic E-state index is -0.805. The first-order valence-electron chi connectivity index (χ1n) is 6.23. The molecule has 0 aliphatic heterocycles. The Hall–Kier alpha value is -1.69. The van der Waals surface area contributed by atoms with Crippen molar-refractivity contribution in [2.24, 2.45) is 5.92 Å². The maximum atomic E-state index is 13.2. The summed E-state index contributed by atoms with van der Waals surface area (Å²) in [6.45, 7) is 2.43. The molecule has 1 aromatic rings. The molecule has 0 aliphatic carbocycles. The summed E-state index contributed by atoms with van der Waals surface area (Å²) in [7, 11) is 0. The lowest BCUT2D eigenvalue weighted by atomic mass is 10.1. The van der Waals surface area contributed by atoms with Gasteiger partial charge in [0.15, 0.2) is 0 Å². The SMILES string of the molecule is CC(CCl)CCCNC(=O)c1cc(F)cc([N+](=O)[O-])c1. The highest BCUT2D eigenvalue weighted by Gasteiger charge is 2.14. The minimum Gasteiger partial charge on any atom is -0.352 e. The lowest BCUT2D eigenvalue weighted by Crippen LogP contribution is -2.25. The molecular weight excluding hydrogens is 287 g/mol. The number of benzene rings is 1. The molecule has 110 valence electrons. The van der Waals surface area contributed by atoms with Gasteiger partial charge < -0.3 is 5.32 Å². The molecule has 1 unspecified atom stereocenters. The highest BCUT2D eigenvalue weighted by atomic mass is 35.5.